The van der Waals surface area contributed by atoms with E-state index >= 15 is 0 Å². The monoisotopic (exact) mass is 218 g/mol. The summed E-state index contributed by atoms with van der Waals surface area (Å²) < 4.78 is 0. The van der Waals surface area contributed by atoms with Gasteiger partial charge in [-0.3, -0.25) is 9.63 Å². The second kappa shape index (κ2) is 6.76. The van der Waals surface area contributed by atoms with Gasteiger partial charge in [0, 0.05) is 0 Å². The van der Waals surface area contributed by atoms with Crippen LogP contribution in [0.1, 0.15) is 40.0 Å². The van der Waals surface area contributed by atoms with Crippen LogP contribution in [0.5, 0.6) is 0 Å². The first kappa shape index (κ1) is 14.3. The van der Waals surface area contributed by atoms with Crippen LogP contribution in [-0.2, 0) is 9.63 Å². The van der Waals surface area contributed by atoms with Crippen LogP contribution in [0.25, 0.3) is 0 Å². The number of nitrogens with two attached hydrogens (primary N) is 1. The molecule has 0 saturated carbocycles. The van der Waals surface area contributed by atoms with Gasteiger partial charge in [-0.1, -0.05) is 0 Å². The van der Waals surface area contributed by atoms with Crippen molar-refractivity contribution in [3.05, 3.63) is 0 Å². The molecule has 1 atom stereocenters. The smallest absolute Gasteiger partial charge is 0.323 e. The summed E-state index contributed by atoms with van der Waals surface area (Å²) in [5, 5.41) is 8.90. The lowest BCUT2D eigenvalue weighted by Gasteiger charge is -2.22. The molecule has 0 aromatic carbocycles. The molecule has 0 aliphatic carbocycles. The first-order chi connectivity index (χ1) is 6.87. The number of carboxylic acids is 1. The SMILES string of the molecule is CC(C)(C)ON[C@@H](CCCCN)C(=O)O. The van der Waals surface area contributed by atoms with E-state index < -0.39 is 12.0 Å². The number of hydrogen-bond acceptors (Lipinski definition) is 4. The molecule has 5 heteroatoms. The fraction of sp³-hybridized carbons (Fsp3) is 0.900. The lowest BCUT2D eigenvalue weighted by Crippen LogP contribution is -2.41. The Morgan fingerprint density at radius 3 is 2.47 bits per heavy atom. The number of carbonyl (C=O) groups is 1. The number of nitrogens with one attached hydrogen (secondary N) is 1. The van der Waals surface area contributed by atoms with Crippen LogP contribution < -0.4 is 11.2 Å². The molecule has 0 aliphatic rings. The molecule has 0 aliphatic heterocycles. The van der Waals surface area contributed by atoms with Crippen molar-refractivity contribution in [2.45, 2.75) is 51.7 Å². The number of aliphatic carboxylic acids is 1. The summed E-state index contributed by atoms with van der Waals surface area (Å²) >= 11 is 0. The summed E-state index contributed by atoms with van der Waals surface area (Å²) in [4.78, 5) is 16.1. The summed E-state index contributed by atoms with van der Waals surface area (Å²) in [6, 6.07) is -0.657. The van der Waals surface area contributed by atoms with Gasteiger partial charge in [0.05, 0.1) is 5.60 Å². The second-order valence-electron chi connectivity index (χ2n) is 4.51. The Hall–Kier alpha value is -0.650. The summed E-state index contributed by atoms with van der Waals surface area (Å²) in [6.45, 7) is 6.17. The molecule has 0 aromatic heterocycles. The number of hydrogen-bond donors (Lipinski definition) is 3. The van der Waals surface area contributed by atoms with E-state index in [2.05, 4.69) is 5.48 Å². The van der Waals surface area contributed by atoms with Crippen LogP contribution in [-0.4, -0.2) is 29.3 Å². The number of hydroxylamine groups is 1. The first-order valence-electron chi connectivity index (χ1n) is 5.23. The van der Waals surface area contributed by atoms with Gasteiger partial charge in [0.25, 0.3) is 0 Å². The molecule has 0 radical (unpaired) electrons. The van der Waals surface area contributed by atoms with E-state index in [9.17, 15) is 4.79 Å². The Balaban J connectivity index is 3.89. The largest absolute Gasteiger partial charge is 0.480 e. The molecule has 0 fully saturated rings. The van der Waals surface area contributed by atoms with Crippen molar-refractivity contribution >= 4 is 5.97 Å². The van der Waals surface area contributed by atoms with Crippen molar-refractivity contribution in [3.63, 3.8) is 0 Å². The zero-order valence-corrected chi connectivity index (χ0v) is 9.75. The van der Waals surface area contributed by atoms with Crippen molar-refractivity contribution in [3.8, 4) is 0 Å². The van der Waals surface area contributed by atoms with Gasteiger partial charge in [0.15, 0.2) is 0 Å². The maximum absolute atomic E-state index is 10.8. The van der Waals surface area contributed by atoms with E-state index in [1.807, 2.05) is 20.8 Å². The molecule has 0 spiro atoms. The van der Waals surface area contributed by atoms with Crippen LogP contribution in [0.3, 0.4) is 0 Å². The standard InChI is InChI=1S/C10H22N2O3/c1-10(2,3)15-12-8(9(13)14)6-4-5-7-11/h8,12H,4-7,11H2,1-3H3,(H,13,14)/t8-/m0/s1. The highest BCUT2D eigenvalue weighted by molar-refractivity contribution is 5.73. The molecular weight excluding hydrogens is 196 g/mol. The molecule has 0 aromatic rings. The Morgan fingerprint density at radius 1 is 1.47 bits per heavy atom. The Morgan fingerprint density at radius 2 is 2.07 bits per heavy atom. The van der Waals surface area contributed by atoms with Crippen molar-refractivity contribution in [1.29, 1.82) is 0 Å². The molecule has 0 bridgehead atoms. The highest BCUT2D eigenvalue weighted by Gasteiger charge is 2.20. The maximum atomic E-state index is 10.8. The minimum atomic E-state index is -0.892. The summed E-state index contributed by atoms with van der Waals surface area (Å²) in [7, 11) is 0. The molecule has 0 heterocycles. The molecule has 0 rings (SSSR count). The minimum absolute atomic E-state index is 0.387. The van der Waals surface area contributed by atoms with E-state index in [0.717, 1.165) is 12.8 Å². The van der Waals surface area contributed by atoms with Crippen molar-refractivity contribution < 1.29 is 14.7 Å². The lowest BCUT2D eigenvalue weighted by atomic mass is 10.1. The van der Waals surface area contributed by atoms with Crippen LogP contribution in [0, 0.1) is 0 Å². The first-order valence-corrected chi connectivity index (χ1v) is 5.23. The van der Waals surface area contributed by atoms with Gasteiger partial charge in [0.1, 0.15) is 6.04 Å². The average molecular weight is 218 g/mol. The van der Waals surface area contributed by atoms with E-state index in [-0.39, 0.29) is 5.60 Å². The lowest BCUT2D eigenvalue weighted by molar-refractivity contribution is -0.150. The molecule has 90 valence electrons. The highest BCUT2D eigenvalue weighted by atomic mass is 16.7. The van der Waals surface area contributed by atoms with Gasteiger partial charge in [0.2, 0.25) is 0 Å². The second-order valence-corrected chi connectivity index (χ2v) is 4.51. The Bertz CT molecular complexity index is 190. The minimum Gasteiger partial charge on any atom is -0.480 e. The van der Waals surface area contributed by atoms with Gasteiger partial charge < -0.3 is 10.8 Å². The third kappa shape index (κ3) is 8.35. The molecule has 0 amide bonds. The fourth-order valence-electron chi connectivity index (χ4n) is 0.974. The van der Waals surface area contributed by atoms with Crippen molar-refractivity contribution in [1.82, 2.24) is 5.48 Å². The summed E-state index contributed by atoms with van der Waals surface area (Å²) in [5.41, 5.74) is 7.53. The fourth-order valence-corrected chi connectivity index (χ4v) is 0.974. The molecule has 0 unspecified atom stereocenters. The zero-order valence-electron chi connectivity index (χ0n) is 9.75. The highest BCUT2D eigenvalue weighted by Crippen LogP contribution is 2.07. The average Bonchev–Trinajstić information content (AvgIpc) is 2.08. The molecule has 15 heavy (non-hydrogen) atoms. The van der Waals surface area contributed by atoms with E-state index in [1.165, 1.54) is 0 Å². The van der Waals surface area contributed by atoms with Crippen molar-refractivity contribution in [2.75, 3.05) is 6.54 Å². The third-order valence-corrected chi connectivity index (χ3v) is 1.75. The number of unbranched alkanes of at least 4 members (excludes halogenated alkanes) is 1. The van der Waals surface area contributed by atoms with Gasteiger partial charge in [-0.25, -0.2) is 0 Å². The van der Waals surface area contributed by atoms with Crippen molar-refractivity contribution in [2.24, 2.45) is 5.73 Å². The molecule has 5 nitrogen and oxygen atoms in total. The van der Waals surface area contributed by atoms with Gasteiger partial charge in [-0.15, -0.1) is 0 Å². The molecular formula is C10H22N2O3. The van der Waals surface area contributed by atoms with Crippen LogP contribution in [0.2, 0.25) is 0 Å². The van der Waals surface area contributed by atoms with Crippen LogP contribution in [0.15, 0.2) is 0 Å². The predicted octanol–water partition coefficient (Wildman–Crippen LogP) is 0.888. The van der Waals surface area contributed by atoms with Gasteiger partial charge in [-0.05, 0) is 46.6 Å². The maximum Gasteiger partial charge on any atom is 0.323 e. The van der Waals surface area contributed by atoms with E-state index in [0.29, 0.717) is 13.0 Å². The summed E-state index contributed by atoms with van der Waals surface area (Å²) in [6.07, 6.45) is 2.15. The number of carboxylic acid groups (broad SMARTS) is 1. The number of rotatable bonds is 7. The van der Waals surface area contributed by atoms with Gasteiger partial charge >= 0.3 is 5.97 Å². The van der Waals surface area contributed by atoms with Crippen LogP contribution in [0.4, 0.5) is 0 Å². The van der Waals surface area contributed by atoms with Crippen LogP contribution >= 0.6 is 0 Å². The van der Waals surface area contributed by atoms with E-state index in [4.69, 9.17) is 15.7 Å². The van der Waals surface area contributed by atoms with Gasteiger partial charge in [-0.2, -0.15) is 5.48 Å². The predicted molar refractivity (Wildman–Crippen MR) is 58.3 cm³/mol. The molecule has 4 N–H and O–H groups in total. The Labute approximate surface area is 90.9 Å². The quantitative estimate of drug-likeness (QED) is 0.436. The summed E-state index contributed by atoms with van der Waals surface area (Å²) in [5.74, 6) is -0.892. The Kier molecular flexibility index (Phi) is 6.47. The molecule has 0 saturated heterocycles. The normalized spacial score (nSPS) is 13.9. The zero-order chi connectivity index (χ0) is 11.9. The van der Waals surface area contributed by atoms with E-state index in [1.54, 1.807) is 0 Å². The topological polar surface area (TPSA) is 84.6 Å². The third-order valence-electron chi connectivity index (χ3n) is 1.75.